The summed E-state index contributed by atoms with van der Waals surface area (Å²) < 4.78 is 32.5. The van der Waals surface area contributed by atoms with Crippen LogP contribution in [0.25, 0.3) is 10.8 Å². The lowest BCUT2D eigenvalue weighted by Gasteiger charge is -2.29. The summed E-state index contributed by atoms with van der Waals surface area (Å²) in [7, 11) is 1.71. The number of ether oxygens (including phenoxy) is 1. The van der Waals surface area contributed by atoms with Crippen LogP contribution in [0.4, 0.5) is 19.4 Å². The number of amides is 1. The summed E-state index contributed by atoms with van der Waals surface area (Å²) in [6.45, 7) is -0.369. The van der Waals surface area contributed by atoms with Crippen LogP contribution in [-0.2, 0) is 11.3 Å². The van der Waals surface area contributed by atoms with Crippen LogP contribution in [0.2, 0.25) is 5.02 Å². The summed E-state index contributed by atoms with van der Waals surface area (Å²) >= 11 is 6.03. The molecule has 2 atom stereocenters. The van der Waals surface area contributed by atoms with Crippen LogP contribution >= 0.6 is 11.6 Å². The van der Waals surface area contributed by atoms with Crippen molar-refractivity contribution in [2.24, 2.45) is 0 Å². The highest BCUT2D eigenvalue weighted by molar-refractivity contribution is 6.31. The molecule has 176 valence electrons. The Hall–Kier alpha value is -2.85. The average molecular weight is 480 g/mol. The zero-order chi connectivity index (χ0) is 24.0. The Morgan fingerprint density at radius 2 is 2.03 bits per heavy atom. The number of aliphatic hydroxyl groups is 2. The number of pyridine rings is 1. The zero-order valence-electron chi connectivity index (χ0n) is 17.8. The van der Waals surface area contributed by atoms with E-state index < -0.39 is 36.5 Å². The van der Waals surface area contributed by atoms with Crippen LogP contribution in [0.3, 0.4) is 0 Å². The number of fused-ring (bicyclic) bond motifs is 1. The summed E-state index contributed by atoms with van der Waals surface area (Å²) in [4.78, 5) is 18.2. The minimum atomic E-state index is -1.04. The minimum absolute atomic E-state index is 0.0108. The SMILES string of the molecule is CN(Cc1cccc(F)c1Cl)[C@H](COC(=O)Nc1cc2cc(F)ccc2cn1)CC(O)CO. The molecule has 10 heteroatoms. The fraction of sp³-hybridized carbons (Fsp3) is 0.304. The molecular formula is C23H24ClF2N3O4. The van der Waals surface area contributed by atoms with Gasteiger partial charge in [0, 0.05) is 24.2 Å². The molecule has 2 aromatic carbocycles. The molecule has 0 radical (unpaired) electrons. The van der Waals surface area contributed by atoms with Crippen LogP contribution in [0.1, 0.15) is 12.0 Å². The van der Waals surface area contributed by atoms with E-state index in [1.807, 2.05) is 0 Å². The van der Waals surface area contributed by atoms with E-state index in [1.165, 1.54) is 36.5 Å². The number of carbonyl (C=O) groups excluding carboxylic acids is 1. The first-order valence-corrected chi connectivity index (χ1v) is 10.6. The fourth-order valence-corrected chi connectivity index (χ4v) is 3.51. The standard InChI is InChI=1S/C23H24ClF2N3O4/c1-29(11-15-3-2-4-20(26)22(15)24)18(9-19(31)12-30)13-33-23(32)28-21-8-16-7-17(25)6-5-14(16)10-27-21/h2-8,10,18-19,30-31H,9,11-13H2,1H3,(H,27,28,32)/t18-,19?/m0/s1. The van der Waals surface area contributed by atoms with Crippen molar-refractivity contribution in [1.29, 1.82) is 0 Å². The van der Waals surface area contributed by atoms with Crippen LogP contribution in [0, 0.1) is 11.6 Å². The van der Waals surface area contributed by atoms with Gasteiger partial charge in [0.25, 0.3) is 0 Å². The number of nitrogens with one attached hydrogen (secondary N) is 1. The molecule has 7 nitrogen and oxygen atoms in total. The Morgan fingerprint density at radius 3 is 2.79 bits per heavy atom. The first-order chi connectivity index (χ1) is 15.8. The fourth-order valence-electron chi connectivity index (χ4n) is 3.32. The first kappa shape index (κ1) is 24.8. The van der Waals surface area contributed by atoms with Gasteiger partial charge in [-0.1, -0.05) is 23.7 Å². The number of aliphatic hydroxyl groups excluding tert-OH is 2. The van der Waals surface area contributed by atoms with Crippen LogP contribution in [-0.4, -0.2) is 58.6 Å². The minimum Gasteiger partial charge on any atom is -0.448 e. The molecule has 3 N–H and O–H groups in total. The summed E-state index contributed by atoms with van der Waals surface area (Å²) in [5.74, 6) is -0.771. The zero-order valence-corrected chi connectivity index (χ0v) is 18.6. The number of carbonyl (C=O) groups is 1. The third kappa shape index (κ3) is 6.82. The number of halogens is 3. The second-order valence-corrected chi connectivity index (χ2v) is 8.02. The third-order valence-electron chi connectivity index (χ3n) is 5.15. The monoisotopic (exact) mass is 479 g/mol. The highest BCUT2D eigenvalue weighted by Crippen LogP contribution is 2.22. The molecule has 1 unspecified atom stereocenters. The van der Waals surface area contributed by atoms with Crippen molar-refractivity contribution in [3.8, 4) is 0 Å². The first-order valence-electron chi connectivity index (χ1n) is 10.2. The predicted molar refractivity (Wildman–Crippen MR) is 121 cm³/mol. The normalized spacial score (nSPS) is 13.2. The number of aromatic nitrogens is 1. The lowest BCUT2D eigenvalue weighted by molar-refractivity contribution is 0.0382. The van der Waals surface area contributed by atoms with Crippen molar-refractivity contribution >= 4 is 34.3 Å². The Morgan fingerprint density at radius 1 is 1.24 bits per heavy atom. The van der Waals surface area contributed by atoms with Crippen LogP contribution in [0.15, 0.2) is 48.7 Å². The Kier molecular flexibility index (Phi) is 8.51. The van der Waals surface area contributed by atoms with E-state index in [4.69, 9.17) is 16.3 Å². The van der Waals surface area contributed by atoms with Crippen LogP contribution < -0.4 is 5.32 Å². The van der Waals surface area contributed by atoms with Gasteiger partial charge in [-0.25, -0.2) is 18.6 Å². The van der Waals surface area contributed by atoms with Gasteiger partial charge in [0.05, 0.1) is 17.7 Å². The molecule has 0 spiro atoms. The number of likely N-dealkylation sites (N-methyl/N-ethyl adjacent to an activating group) is 1. The van der Waals surface area contributed by atoms with Gasteiger partial charge in [0.15, 0.2) is 0 Å². The molecule has 0 saturated carbocycles. The second-order valence-electron chi connectivity index (χ2n) is 7.64. The maximum absolute atomic E-state index is 13.7. The van der Waals surface area contributed by atoms with Crippen molar-refractivity contribution in [2.75, 3.05) is 25.6 Å². The number of anilines is 1. The van der Waals surface area contributed by atoms with Crippen molar-refractivity contribution in [3.63, 3.8) is 0 Å². The van der Waals surface area contributed by atoms with Gasteiger partial charge in [0.2, 0.25) is 0 Å². The highest BCUT2D eigenvalue weighted by Gasteiger charge is 2.22. The maximum atomic E-state index is 13.7. The van der Waals surface area contributed by atoms with Gasteiger partial charge in [-0.15, -0.1) is 0 Å². The average Bonchev–Trinajstić information content (AvgIpc) is 2.79. The Bertz CT molecular complexity index is 1120. The van der Waals surface area contributed by atoms with Gasteiger partial charge in [0.1, 0.15) is 24.1 Å². The Balaban J connectivity index is 1.64. The Labute approximate surface area is 194 Å². The molecule has 1 aromatic heterocycles. The van der Waals surface area contributed by atoms with Crippen LogP contribution in [0.5, 0.6) is 0 Å². The van der Waals surface area contributed by atoms with E-state index in [-0.39, 0.29) is 30.4 Å². The quantitative estimate of drug-likeness (QED) is 0.430. The topological polar surface area (TPSA) is 94.9 Å². The molecular weight excluding hydrogens is 456 g/mol. The summed E-state index contributed by atoms with van der Waals surface area (Å²) in [5.41, 5.74) is 0.528. The lowest BCUT2D eigenvalue weighted by Crippen LogP contribution is -2.39. The molecule has 0 saturated heterocycles. The molecule has 3 aromatic rings. The summed E-state index contributed by atoms with van der Waals surface area (Å²) in [6.07, 6.45) is -0.231. The number of rotatable bonds is 9. The molecule has 3 rings (SSSR count). The summed E-state index contributed by atoms with van der Waals surface area (Å²) in [5, 5.41) is 22.9. The highest BCUT2D eigenvalue weighted by atomic mass is 35.5. The van der Waals surface area contributed by atoms with Gasteiger partial charge in [-0.3, -0.25) is 10.2 Å². The number of benzene rings is 2. The maximum Gasteiger partial charge on any atom is 0.412 e. The lowest BCUT2D eigenvalue weighted by atomic mass is 10.1. The van der Waals surface area contributed by atoms with Gasteiger partial charge in [-0.05, 0) is 54.8 Å². The van der Waals surface area contributed by atoms with Crippen molar-refractivity contribution in [1.82, 2.24) is 9.88 Å². The molecule has 0 fully saturated rings. The molecule has 33 heavy (non-hydrogen) atoms. The van der Waals surface area contributed by atoms with E-state index in [0.717, 1.165) is 0 Å². The van der Waals surface area contributed by atoms with E-state index in [1.54, 1.807) is 24.1 Å². The van der Waals surface area contributed by atoms with E-state index in [0.29, 0.717) is 16.3 Å². The van der Waals surface area contributed by atoms with E-state index in [9.17, 15) is 23.8 Å². The summed E-state index contributed by atoms with van der Waals surface area (Å²) in [6, 6.07) is 9.70. The predicted octanol–water partition coefficient (Wildman–Crippen LogP) is 3.96. The van der Waals surface area contributed by atoms with E-state index in [2.05, 4.69) is 10.3 Å². The number of hydrogen-bond donors (Lipinski definition) is 3. The number of hydrogen-bond acceptors (Lipinski definition) is 6. The van der Waals surface area contributed by atoms with Crippen molar-refractivity contribution in [2.45, 2.75) is 25.1 Å². The van der Waals surface area contributed by atoms with Gasteiger partial charge in [-0.2, -0.15) is 0 Å². The molecule has 1 heterocycles. The van der Waals surface area contributed by atoms with E-state index >= 15 is 0 Å². The smallest absolute Gasteiger partial charge is 0.412 e. The molecule has 0 aliphatic rings. The molecule has 0 bridgehead atoms. The van der Waals surface area contributed by atoms with Crippen molar-refractivity contribution < 1.29 is 28.5 Å². The molecule has 0 aliphatic heterocycles. The van der Waals surface area contributed by atoms with Gasteiger partial charge < -0.3 is 14.9 Å². The molecule has 1 amide bonds. The van der Waals surface area contributed by atoms with Gasteiger partial charge >= 0.3 is 6.09 Å². The van der Waals surface area contributed by atoms with Crippen molar-refractivity contribution in [3.05, 3.63) is 70.9 Å². The number of nitrogens with zero attached hydrogens (tertiary/aromatic N) is 2. The molecule has 0 aliphatic carbocycles. The third-order valence-corrected chi connectivity index (χ3v) is 5.57. The largest absolute Gasteiger partial charge is 0.448 e. The second kappa shape index (κ2) is 11.3.